The summed E-state index contributed by atoms with van der Waals surface area (Å²) in [7, 11) is 0. The minimum Gasteiger partial charge on any atom is -0.326 e. The molecule has 2 heterocycles. The van der Waals surface area contributed by atoms with E-state index in [1.54, 1.807) is 32.0 Å². The number of aromatic nitrogens is 4. The molecule has 28 heavy (non-hydrogen) atoms. The van der Waals surface area contributed by atoms with E-state index in [1.165, 1.54) is 0 Å². The van der Waals surface area contributed by atoms with Gasteiger partial charge in [-0.1, -0.05) is 11.6 Å². The van der Waals surface area contributed by atoms with Crippen molar-refractivity contribution in [3.63, 3.8) is 0 Å². The molecule has 148 valence electrons. The number of carbonyl (C=O) groups excluding carboxylic acids is 1. The molecule has 0 aliphatic rings. The van der Waals surface area contributed by atoms with Crippen LogP contribution in [0.15, 0.2) is 18.2 Å². The molecule has 1 amide bonds. The van der Waals surface area contributed by atoms with Crippen LogP contribution in [0.25, 0.3) is 5.78 Å². The van der Waals surface area contributed by atoms with E-state index in [-0.39, 0.29) is 18.1 Å². The van der Waals surface area contributed by atoms with Crippen molar-refractivity contribution in [1.82, 2.24) is 19.6 Å². The Morgan fingerprint density at radius 1 is 1.21 bits per heavy atom. The highest BCUT2D eigenvalue weighted by atomic mass is 35.5. The van der Waals surface area contributed by atoms with Crippen molar-refractivity contribution in [2.75, 3.05) is 5.32 Å². The highest BCUT2D eigenvalue weighted by molar-refractivity contribution is 6.30. The predicted molar refractivity (Wildman–Crippen MR) is 98.4 cm³/mol. The van der Waals surface area contributed by atoms with Crippen molar-refractivity contribution in [3.05, 3.63) is 51.6 Å². The lowest BCUT2D eigenvalue weighted by Crippen LogP contribution is -2.15. The molecule has 0 saturated carbocycles. The SMILES string of the molecule is Cc1cc(Cl)ccc1NC(=O)CCc1c(C)nc2nc(C(F)(F)F)nn2c1C. The summed E-state index contributed by atoms with van der Waals surface area (Å²) in [5.74, 6) is -1.58. The van der Waals surface area contributed by atoms with Crippen LogP contribution in [0.2, 0.25) is 5.02 Å². The van der Waals surface area contributed by atoms with E-state index in [0.717, 1.165) is 10.1 Å². The maximum absolute atomic E-state index is 12.9. The average molecular weight is 412 g/mol. The Morgan fingerprint density at radius 2 is 1.93 bits per heavy atom. The Morgan fingerprint density at radius 3 is 2.57 bits per heavy atom. The number of benzene rings is 1. The molecular formula is C18H17ClF3N5O. The zero-order valence-electron chi connectivity index (χ0n) is 15.4. The number of halogens is 4. The molecule has 0 atom stereocenters. The monoisotopic (exact) mass is 411 g/mol. The Hall–Kier alpha value is -2.68. The third kappa shape index (κ3) is 4.09. The van der Waals surface area contributed by atoms with Gasteiger partial charge in [0.1, 0.15) is 0 Å². The smallest absolute Gasteiger partial charge is 0.326 e. The van der Waals surface area contributed by atoms with Crippen molar-refractivity contribution in [2.24, 2.45) is 0 Å². The first-order valence-electron chi connectivity index (χ1n) is 8.42. The van der Waals surface area contributed by atoms with Crippen LogP contribution in [0.1, 0.15) is 34.8 Å². The Labute approximate surface area is 163 Å². The summed E-state index contributed by atoms with van der Waals surface area (Å²) in [5, 5.41) is 6.89. The van der Waals surface area contributed by atoms with E-state index >= 15 is 0 Å². The van der Waals surface area contributed by atoms with Gasteiger partial charge in [-0.2, -0.15) is 18.2 Å². The van der Waals surface area contributed by atoms with E-state index in [2.05, 4.69) is 20.4 Å². The summed E-state index contributed by atoms with van der Waals surface area (Å²) in [6.07, 6.45) is -4.21. The zero-order valence-corrected chi connectivity index (χ0v) is 16.1. The summed E-state index contributed by atoms with van der Waals surface area (Å²) < 4.78 is 39.6. The topological polar surface area (TPSA) is 72.2 Å². The van der Waals surface area contributed by atoms with Gasteiger partial charge in [-0.05, 0) is 56.5 Å². The number of alkyl halides is 3. The van der Waals surface area contributed by atoms with E-state index in [0.29, 0.717) is 34.1 Å². The van der Waals surface area contributed by atoms with E-state index in [9.17, 15) is 18.0 Å². The molecule has 2 aromatic heterocycles. The predicted octanol–water partition coefficient (Wildman–Crippen LogP) is 4.29. The number of rotatable bonds is 4. The third-order valence-corrected chi connectivity index (χ3v) is 4.60. The first kappa shape index (κ1) is 20.1. The average Bonchev–Trinajstić information content (AvgIpc) is 3.01. The Kier molecular flexibility index (Phi) is 5.29. The normalized spacial score (nSPS) is 11.8. The fraction of sp³-hybridized carbons (Fsp3) is 0.333. The van der Waals surface area contributed by atoms with Crippen LogP contribution in [0, 0.1) is 20.8 Å². The van der Waals surface area contributed by atoms with Crippen LogP contribution < -0.4 is 5.32 Å². The van der Waals surface area contributed by atoms with Gasteiger partial charge in [0.2, 0.25) is 5.91 Å². The summed E-state index contributed by atoms with van der Waals surface area (Å²) in [4.78, 5) is 19.8. The van der Waals surface area contributed by atoms with E-state index < -0.39 is 12.0 Å². The molecule has 0 aliphatic heterocycles. The van der Waals surface area contributed by atoms with Crippen LogP contribution in [-0.4, -0.2) is 25.5 Å². The second kappa shape index (κ2) is 7.38. The number of nitrogens with zero attached hydrogens (tertiary/aromatic N) is 4. The summed E-state index contributed by atoms with van der Waals surface area (Å²) in [6, 6.07) is 5.14. The second-order valence-corrected chi connectivity index (χ2v) is 6.85. The molecule has 1 N–H and O–H groups in total. The lowest BCUT2D eigenvalue weighted by Gasteiger charge is -2.11. The fourth-order valence-electron chi connectivity index (χ4n) is 2.91. The molecule has 0 unspecified atom stereocenters. The van der Waals surface area contributed by atoms with Crippen LogP contribution in [0.3, 0.4) is 0 Å². The zero-order chi connectivity index (χ0) is 20.6. The van der Waals surface area contributed by atoms with Gasteiger partial charge in [0.05, 0.1) is 0 Å². The minimum atomic E-state index is -4.65. The van der Waals surface area contributed by atoms with Gasteiger partial charge in [0, 0.05) is 28.5 Å². The third-order valence-electron chi connectivity index (χ3n) is 4.37. The number of nitrogens with one attached hydrogen (secondary N) is 1. The Balaban J connectivity index is 1.79. The number of fused-ring (bicyclic) bond motifs is 1. The summed E-state index contributed by atoms with van der Waals surface area (Å²) >= 11 is 5.90. The van der Waals surface area contributed by atoms with Gasteiger partial charge < -0.3 is 5.32 Å². The van der Waals surface area contributed by atoms with Gasteiger partial charge in [-0.3, -0.25) is 4.79 Å². The van der Waals surface area contributed by atoms with Crippen LogP contribution in [0.4, 0.5) is 18.9 Å². The number of hydrogen-bond acceptors (Lipinski definition) is 4. The Bertz CT molecular complexity index is 1060. The maximum Gasteiger partial charge on any atom is 0.453 e. The summed E-state index contributed by atoms with van der Waals surface area (Å²) in [5.41, 5.74) is 3.14. The molecule has 0 saturated heterocycles. The second-order valence-electron chi connectivity index (χ2n) is 6.41. The number of hydrogen-bond donors (Lipinski definition) is 1. The van der Waals surface area contributed by atoms with Crippen molar-refractivity contribution in [1.29, 1.82) is 0 Å². The first-order chi connectivity index (χ1) is 13.1. The molecule has 0 fully saturated rings. The van der Waals surface area contributed by atoms with E-state index in [1.807, 2.05) is 6.92 Å². The first-order valence-corrected chi connectivity index (χ1v) is 8.80. The van der Waals surface area contributed by atoms with Gasteiger partial charge in [0.25, 0.3) is 11.6 Å². The molecule has 0 aliphatic carbocycles. The number of carbonyl (C=O) groups is 1. The summed E-state index contributed by atoms with van der Waals surface area (Å²) in [6.45, 7) is 5.13. The molecule has 10 heteroatoms. The quantitative estimate of drug-likeness (QED) is 0.695. The molecule has 3 rings (SSSR count). The van der Waals surface area contributed by atoms with E-state index in [4.69, 9.17) is 11.6 Å². The number of amides is 1. The lowest BCUT2D eigenvalue weighted by molar-refractivity contribution is -0.144. The van der Waals surface area contributed by atoms with Gasteiger partial charge >= 0.3 is 6.18 Å². The molecule has 0 bridgehead atoms. The van der Waals surface area contributed by atoms with Gasteiger partial charge in [0.15, 0.2) is 0 Å². The fourth-order valence-corrected chi connectivity index (χ4v) is 3.14. The molecule has 1 aromatic carbocycles. The number of anilines is 1. The maximum atomic E-state index is 12.9. The molecular weight excluding hydrogens is 395 g/mol. The van der Waals surface area contributed by atoms with Crippen LogP contribution in [-0.2, 0) is 17.4 Å². The highest BCUT2D eigenvalue weighted by Crippen LogP contribution is 2.27. The molecule has 3 aromatic rings. The highest BCUT2D eigenvalue weighted by Gasteiger charge is 2.36. The van der Waals surface area contributed by atoms with Crippen molar-refractivity contribution >= 4 is 29.0 Å². The largest absolute Gasteiger partial charge is 0.453 e. The van der Waals surface area contributed by atoms with Crippen molar-refractivity contribution in [2.45, 2.75) is 39.8 Å². The molecule has 6 nitrogen and oxygen atoms in total. The number of aryl methyl sites for hydroxylation is 3. The molecule has 0 spiro atoms. The van der Waals surface area contributed by atoms with Crippen molar-refractivity contribution in [3.8, 4) is 0 Å². The van der Waals surface area contributed by atoms with Gasteiger partial charge in [-0.25, -0.2) is 9.50 Å². The van der Waals surface area contributed by atoms with Gasteiger partial charge in [-0.15, -0.1) is 5.10 Å². The van der Waals surface area contributed by atoms with Crippen LogP contribution in [0.5, 0.6) is 0 Å². The standard InChI is InChI=1S/C18H17ClF3N5O/c1-9-8-12(19)4-6-14(9)24-15(28)7-5-13-10(2)23-17-25-16(18(20,21)22)26-27(17)11(13)3/h4,6,8H,5,7H2,1-3H3,(H,24,28). The van der Waals surface area contributed by atoms with Crippen LogP contribution >= 0.6 is 11.6 Å². The lowest BCUT2D eigenvalue weighted by atomic mass is 10.1. The minimum absolute atomic E-state index is 0.118. The molecule has 0 radical (unpaired) electrons. The van der Waals surface area contributed by atoms with Crippen molar-refractivity contribution < 1.29 is 18.0 Å².